The molecule has 0 aliphatic carbocycles. The summed E-state index contributed by atoms with van der Waals surface area (Å²) in [6.07, 6.45) is 2.03. The van der Waals surface area contributed by atoms with E-state index in [1.54, 1.807) is 6.92 Å². The first kappa shape index (κ1) is 36.3. The third kappa shape index (κ3) is 11.5. The molecule has 0 radical (unpaired) electrons. The molecule has 6 heteroatoms. The Hall–Kier alpha value is -1.85. The molecule has 212 valence electrons. The largest absolute Gasteiger partial charge is 0.458 e. The molecule has 0 aromatic carbocycles. The number of rotatable bonds is 12. The summed E-state index contributed by atoms with van der Waals surface area (Å²) in [6.45, 7) is 30.7. The maximum Gasteiger partial charge on any atom is 0.330 e. The summed E-state index contributed by atoms with van der Waals surface area (Å²) in [5, 5.41) is 6.12. The maximum absolute atomic E-state index is 13.4. The lowest BCUT2D eigenvalue weighted by Gasteiger charge is -2.50. The van der Waals surface area contributed by atoms with Crippen LogP contribution in [0, 0.1) is 33.5 Å². The van der Waals surface area contributed by atoms with Crippen molar-refractivity contribution in [1.82, 2.24) is 10.6 Å². The molecule has 3 atom stereocenters. The van der Waals surface area contributed by atoms with Gasteiger partial charge in [-0.25, -0.2) is 4.79 Å². The highest BCUT2D eigenvalue weighted by molar-refractivity contribution is 5.82. The normalized spacial score (nSPS) is 15.3. The number of hydrogen-bond donors (Lipinski definition) is 2. The van der Waals surface area contributed by atoms with Gasteiger partial charge in [0.1, 0.15) is 6.10 Å². The summed E-state index contributed by atoms with van der Waals surface area (Å²) in [5.41, 5.74) is -1.02. The van der Waals surface area contributed by atoms with Gasteiger partial charge < -0.3 is 15.4 Å². The third-order valence-corrected chi connectivity index (χ3v) is 7.30. The molecule has 0 aromatic rings. The van der Waals surface area contributed by atoms with Gasteiger partial charge in [0.2, 0.25) is 11.8 Å². The van der Waals surface area contributed by atoms with Crippen LogP contribution in [0.25, 0.3) is 0 Å². The van der Waals surface area contributed by atoms with Crippen LogP contribution in [0.4, 0.5) is 0 Å². The van der Waals surface area contributed by atoms with Crippen molar-refractivity contribution in [2.75, 3.05) is 6.54 Å². The van der Waals surface area contributed by atoms with Gasteiger partial charge in [-0.2, -0.15) is 0 Å². The topological polar surface area (TPSA) is 84.5 Å². The molecule has 0 saturated carbocycles. The standard InChI is InChI=1S/C29H54N2O4.CH4/c1-15-23(32)35-20(4)18-30-24(33)21(27(8,9)10)17-28(11,12)29(13,14)22(16-26(5,6)7)25(34)31-19(2)3;/h15,19-22H,1,16-18H2,2-14H3,(H,30,33)(H,31,34);1H4. The van der Waals surface area contributed by atoms with Gasteiger partial charge in [-0.1, -0.05) is 83.2 Å². The minimum Gasteiger partial charge on any atom is -0.458 e. The first-order valence-corrected chi connectivity index (χ1v) is 13.0. The Bertz CT molecular complexity index is 739. The van der Waals surface area contributed by atoms with Gasteiger partial charge in [0.05, 0.1) is 6.54 Å². The highest BCUT2D eigenvalue weighted by atomic mass is 16.5. The molecule has 0 aliphatic rings. The number of nitrogens with one attached hydrogen (secondary N) is 2. The molecule has 2 N–H and O–H groups in total. The molecule has 0 aliphatic heterocycles. The highest BCUT2D eigenvalue weighted by Gasteiger charge is 2.50. The zero-order valence-corrected chi connectivity index (χ0v) is 24.8. The molecule has 6 nitrogen and oxygen atoms in total. The van der Waals surface area contributed by atoms with E-state index in [0.717, 1.165) is 12.5 Å². The predicted octanol–water partition coefficient (Wildman–Crippen LogP) is 6.54. The van der Waals surface area contributed by atoms with E-state index < -0.39 is 12.1 Å². The minimum atomic E-state index is -0.508. The van der Waals surface area contributed by atoms with Crippen LogP contribution in [-0.2, 0) is 19.1 Å². The van der Waals surface area contributed by atoms with Crippen molar-refractivity contribution in [2.45, 2.75) is 122 Å². The van der Waals surface area contributed by atoms with E-state index in [1.807, 2.05) is 13.8 Å². The van der Waals surface area contributed by atoms with Crippen LogP contribution in [-0.4, -0.2) is 36.5 Å². The van der Waals surface area contributed by atoms with Crippen LogP contribution < -0.4 is 10.6 Å². The van der Waals surface area contributed by atoms with Crippen LogP contribution in [0.5, 0.6) is 0 Å². The van der Waals surface area contributed by atoms with Gasteiger partial charge in [0.25, 0.3) is 0 Å². The lowest BCUT2D eigenvalue weighted by atomic mass is 9.54. The Balaban J connectivity index is 0. The Kier molecular flexibility index (Phi) is 13.7. The second-order valence-corrected chi connectivity index (χ2v) is 13.9. The van der Waals surface area contributed by atoms with E-state index in [4.69, 9.17) is 4.74 Å². The summed E-state index contributed by atoms with van der Waals surface area (Å²) in [4.78, 5) is 38.2. The van der Waals surface area contributed by atoms with Gasteiger partial charge in [-0.05, 0) is 55.3 Å². The number of hydrogen-bond acceptors (Lipinski definition) is 4. The monoisotopic (exact) mass is 510 g/mol. The lowest BCUT2D eigenvalue weighted by Crippen LogP contribution is -2.51. The van der Waals surface area contributed by atoms with E-state index in [9.17, 15) is 14.4 Å². The maximum atomic E-state index is 13.4. The van der Waals surface area contributed by atoms with Crippen molar-refractivity contribution < 1.29 is 19.1 Å². The highest BCUT2D eigenvalue weighted by Crippen LogP contribution is 2.53. The molecule has 0 fully saturated rings. The average Bonchev–Trinajstić information content (AvgIpc) is 2.65. The number of carbonyl (C=O) groups excluding carboxylic acids is 3. The van der Waals surface area contributed by atoms with Gasteiger partial charge in [0, 0.05) is 24.0 Å². The zero-order chi connectivity index (χ0) is 28.0. The van der Waals surface area contributed by atoms with Gasteiger partial charge >= 0.3 is 5.97 Å². The number of carbonyl (C=O) groups is 3. The molecule has 0 aromatic heterocycles. The Morgan fingerprint density at radius 2 is 1.33 bits per heavy atom. The van der Waals surface area contributed by atoms with Gasteiger partial charge in [0.15, 0.2) is 0 Å². The summed E-state index contributed by atoms with van der Waals surface area (Å²) < 4.78 is 5.19. The summed E-state index contributed by atoms with van der Waals surface area (Å²) >= 11 is 0. The zero-order valence-electron chi connectivity index (χ0n) is 24.8. The van der Waals surface area contributed by atoms with E-state index in [0.29, 0.717) is 6.42 Å². The quantitative estimate of drug-likeness (QED) is 0.231. The van der Waals surface area contributed by atoms with Crippen LogP contribution in [0.15, 0.2) is 12.7 Å². The second kappa shape index (κ2) is 13.6. The summed E-state index contributed by atoms with van der Waals surface area (Å²) in [7, 11) is 0. The molecule has 0 saturated heterocycles. The first-order valence-electron chi connectivity index (χ1n) is 13.0. The fourth-order valence-corrected chi connectivity index (χ4v) is 4.37. The van der Waals surface area contributed by atoms with Crippen molar-refractivity contribution in [3.63, 3.8) is 0 Å². The molecule has 2 amide bonds. The molecular formula is C30H58N2O4. The molecule has 0 bridgehead atoms. The third-order valence-electron chi connectivity index (χ3n) is 7.30. The van der Waals surface area contributed by atoms with E-state index in [1.165, 1.54) is 0 Å². The predicted molar refractivity (Wildman–Crippen MR) is 151 cm³/mol. The van der Waals surface area contributed by atoms with Gasteiger partial charge in [-0.3, -0.25) is 9.59 Å². The Morgan fingerprint density at radius 3 is 1.72 bits per heavy atom. The number of ether oxygens (including phenoxy) is 1. The Morgan fingerprint density at radius 1 is 0.833 bits per heavy atom. The smallest absolute Gasteiger partial charge is 0.330 e. The molecule has 3 unspecified atom stereocenters. The minimum absolute atomic E-state index is 0. The summed E-state index contributed by atoms with van der Waals surface area (Å²) in [5.74, 6) is -1.000. The average molecular weight is 511 g/mol. The van der Waals surface area contributed by atoms with Crippen LogP contribution in [0.1, 0.15) is 110 Å². The number of amides is 2. The van der Waals surface area contributed by atoms with Crippen molar-refractivity contribution in [1.29, 1.82) is 0 Å². The van der Waals surface area contributed by atoms with Crippen molar-refractivity contribution in [2.24, 2.45) is 33.5 Å². The molecule has 0 heterocycles. The van der Waals surface area contributed by atoms with Crippen LogP contribution >= 0.6 is 0 Å². The SMILES string of the molecule is C.C=CC(=O)OC(C)CNC(=O)C(CC(C)(C)C(C)(C)C(CC(C)(C)C)C(=O)NC(C)C)C(C)(C)C. The second-order valence-electron chi connectivity index (χ2n) is 13.9. The van der Waals surface area contributed by atoms with E-state index >= 15 is 0 Å². The van der Waals surface area contributed by atoms with Crippen molar-refractivity contribution in [3.8, 4) is 0 Å². The summed E-state index contributed by atoms with van der Waals surface area (Å²) in [6, 6.07) is 0.0640. The molecular weight excluding hydrogens is 452 g/mol. The molecule has 0 rings (SSSR count). The van der Waals surface area contributed by atoms with E-state index in [2.05, 4.69) is 86.4 Å². The van der Waals surface area contributed by atoms with Crippen LogP contribution in [0.3, 0.4) is 0 Å². The van der Waals surface area contributed by atoms with Gasteiger partial charge in [-0.15, -0.1) is 0 Å². The number of esters is 1. The fraction of sp³-hybridized carbons (Fsp3) is 0.833. The molecule has 36 heavy (non-hydrogen) atoms. The lowest BCUT2D eigenvalue weighted by molar-refractivity contribution is -0.144. The van der Waals surface area contributed by atoms with Crippen LogP contribution in [0.2, 0.25) is 0 Å². The fourth-order valence-electron chi connectivity index (χ4n) is 4.37. The molecule has 0 spiro atoms. The van der Waals surface area contributed by atoms with Crippen molar-refractivity contribution in [3.05, 3.63) is 12.7 Å². The van der Waals surface area contributed by atoms with Crippen molar-refractivity contribution >= 4 is 17.8 Å². The first-order chi connectivity index (χ1) is 15.5. The van der Waals surface area contributed by atoms with E-state index in [-0.39, 0.29) is 65.3 Å². The Labute approximate surface area is 222 Å².